The maximum atomic E-state index is 4.06. The molecule has 0 amide bonds. The molecule has 0 saturated heterocycles. The van der Waals surface area contributed by atoms with Gasteiger partial charge < -0.3 is 9.88 Å². The van der Waals surface area contributed by atoms with E-state index < -0.39 is 0 Å². The minimum atomic E-state index is 0.309. The van der Waals surface area contributed by atoms with E-state index in [1.807, 2.05) is 18.7 Å². The Morgan fingerprint density at radius 1 is 1.16 bits per heavy atom. The highest BCUT2D eigenvalue weighted by molar-refractivity contribution is 7.11. The van der Waals surface area contributed by atoms with Crippen LogP contribution in [0.5, 0.6) is 0 Å². The molecular formula is C14H15N3S2. The quantitative estimate of drug-likeness (QED) is 0.754. The Morgan fingerprint density at radius 2 is 1.89 bits per heavy atom. The van der Waals surface area contributed by atoms with E-state index in [4.69, 9.17) is 0 Å². The Kier molecular flexibility index (Phi) is 4.07. The summed E-state index contributed by atoms with van der Waals surface area (Å²) in [5.41, 5.74) is 0. The van der Waals surface area contributed by atoms with Crippen LogP contribution < -0.4 is 5.32 Å². The van der Waals surface area contributed by atoms with E-state index in [-0.39, 0.29) is 0 Å². The largest absolute Gasteiger partial charge is 0.336 e. The summed E-state index contributed by atoms with van der Waals surface area (Å²) in [6.45, 7) is 1.87. The van der Waals surface area contributed by atoms with Crippen LogP contribution in [-0.4, -0.2) is 16.1 Å². The molecule has 3 rings (SSSR count). The monoisotopic (exact) mass is 289 g/mol. The van der Waals surface area contributed by atoms with E-state index in [0.717, 1.165) is 13.1 Å². The first-order valence-electron chi connectivity index (χ1n) is 6.19. The standard InChI is InChI=1S/C14H15N3S2/c1-3-12(18-9-1)14(13-4-2-10-19-13)16-6-8-17-7-5-15-11-17/h1-5,7,9-11,14,16H,6,8H2. The number of rotatable bonds is 6. The third-order valence-electron chi connectivity index (χ3n) is 2.93. The molecule has 3 heterocycles. The van der Waals surface area contributed by atoms with E-state index in [1.54, 1.807) is 22.7 Å². The number of nitrogens with one attached hydrogen (secondary N) is 1. The van der Waals surface area contributed by atoms with Crippen molar-refractivity contribution in [2.75, 3.05) is 6.54 Å². The first-order valence-corrected chi connectivity index (χ1v) is 7.95. The van der Waals surface area contributed by atoms with Gasteiger partial charge in [-0.15, -0.1) is 22.7 Å². The van der Waals surface area contributed by atoms with Crippen molar-refractivity contribution >= 4 is 22.7 Å². The van der Waals surface area contributed by atoms with Crippen LogP contribution in [-0.2, 0) is 6.54 Å². The van der Waals surface area contributed by atoms with Crippen LogP contribution in [0.15, 0.2) is 53.7 Å². The van der Waals surface area contributed by atoms with Crippen molar-refractivity contribution in [3.05, 3.63) is 63.5 Å². The summed E-state index contributed by atoms with van der Waals surface area (Å²) in [5, 5.41) is 7.90. The molecule has 5 heteroatoms. The number of nitrogens with zero attached hydrogens (tertiary/aromatic N) is 2. The molecule has 0 aliphatic rings. The molecule has 0 radical (unpaired) electrons. The summed E-state index contributed by atoms with van der Waals surface area (Å²) >= 11 is 3.60. The van der Waals surface area contributed by atoms with Gasteiger partial charge in [0.1, 0.15) is 0 Å². The van der Waals surface area contributed by atoms with Crippen molar-refractivity contribution in [2.24, 2.45) is 0 Å². The smallest absolute Gasteiger partial charge is 0.0946 e. The number of aromatic nitrogens is 2. The second kappa shape index (κ2) is 6.14. The van der Waals surface area contributed by atoms with Gasteiger partial charge in [-0.25, -0.2) is 4.98 Å². The summed E-state index contributed by atoms with van der Waals surface area (Å²) in [6.07, 6.45) is 5.66. The molecule has 0 aliphatic heterocycles. The molecule has 1 N–H and O–H groups in total. The average Bonchev–Trinajstić information content (AvgIpc) is 3.15. The fraction of sp³-hybridized carbons (Fsp3) is 0.214. The Labute approximate surface area is 120 Å². The zero-order chi connectivity index (χ0) is 12.9. The Morgan fingerprint density at radius 3 is 2.42 bits per heavy atom. The van der Waals surface area contributed by atoms with Crippen molar-refractivity contribution in [3.8, 4) is 0 Å². The maximum Gasteiger partial charge on any atom is 0.0946 e. The highest BCUT2D eigenvalue weighted by atomic mass is 32.1. The SMILES string of the molecule is c1csc(C(NCCn2ccnc2)c2cccs2)c1. The predicted octanol–water partition coefficient (Wildman–Crippen LogP) is 3.39. The van der Waals surface area contributed by atoms with E-state index in [2.05, 4.69) is 49.9 Å². The zero-order valence-corrected chi connectivity index (χ0v) is 12.0. The lowest BCUT2D eigenvalue weighted by molar-refractivity contribution is 0.560. The van der Waals surface area contributed by atoms with Gasteiger partial charge in [0.25, 0.3) is 0 Å². The molecule has 19 heavy (non-hydrogen) atoms. The van der Waals surface area contributed by atoms with Gasteiger partial charge in [0.2, 0.25) is 0 Å². The molecular weight excluding hydrogens is 274 g/mol. The van der Waals surface area contributed by atoms with Crippen LogP contribution in [0.3, 0.4) is 0 Å². The van der Waals surface area contributed by atoms with Crippen LogP contribution in [0.2, 0.25) is 0 Å². The first-order chi connectivity index (χ1) is 9.43. The van der Waals surface area contributed by atoms with Gasteiger partial charge in [-0.05, 0) is 22.9 Å². The third kappa shape index (κ3) is 3.12. The maximum absolute atomic E-state index is 4.06. The minimum absolute atomic E-state index is 0.309. The summed E-state index contributed by atoms with van der Waals surface area (Å²) in [4.78, 5) is 6.80. The molecule has 0 fully saturated rings. The third-order valence-corrected chi connectivity index (χ3v) is 4.81. The van der Waals surface area contributed by atoms with E-state index in [9.17, 15) is 0 Å². The van der Waals surface area contributed by atoms with Crippen LogP contribution in [0.25, 0.3) is 0 Å². The van der Waals surface area contributed by atoms with Gasteiger partial charge >= 0.3 is 0 Å². The zero-order valence-electron chi connectivity index (χ0n) is 10.4. The van der Waals surface area contributed by atoms with E-state index in [1.165, 1.54) is 9.75 Å². The highest BCUT2D eigenvalue weighted by Crippen LogP contribution is 2.28. The molecule has 98 valence electrons. The molecule has 0 aliphatic carbocycles. The topological polar surface area (TPSA) is 29.9 Å². The number of imidazole rings is 1. The molecule has 0 saturated carbocycles. The predicted molar refractivity (Wildman–Crippen MR) is 80.7 cm³/mol. The molecule has 0 unspecified atom stereocenters. The average molecular weight is 289 g/mol. The normalized spacial score (nSPS) is 11.2. The fourth-order valence-corrected chi connectivity index (χ4v) is 3.72. The summed E-state index contributed by atoms with van der Waals surface area (Å²) in [5.74, 6) is 0. The minimum Gasteiger partial charge on any atom is -0.336 e. The van der Waals surface area contributed by atoms with Gasteiger partial charge in [-0.2, -0.15) is 0 Å². The van der Waals surface area contributed by atoms with Crippen molar-refractivity contribution in [3.63, 3.8) is 0 Å². The van der Waals surface area contributed by atoms with Gasteiger partial charge in [-0.3, -0.25) is 0 Å². The second-order valence-corrected chi connectivity index (χ2v) is 6.18. The Balaban J connectivity index is 1.67. The van der Waals surface area contributed by atoms with Crippen LogP contribution in [0, 0.1) is 0 Å². The molecule has 0 spiro atoms. The molecule has 0 atom stereocenters. The lowest BCUT2D eigenvalue weighted by Gasteiger charge is -2.16. The van der Waals surface area contributed by atoms with Crippen LogP contribution >= 0.6 is 22.7 Å². The van der Waals surface area contributed by atoms with Crippen molar-refractivity contribution in [1.29, 1.82) is 0 Å². The summed E-state index contributed by atoms with van der Waals surface area (Å²) < 4.78 is 2.09. The lowest BCUT2D eigenvalue weighted by atomic mass is 10.2. The van der Waals surface area contributed by atoms with Crippen molar-refractivity contribution in [1.82, 2.24) is 14.9 Å². The van der Waals surface area contributed by atoms with E-state index in [0.29, 0.717) is 6.04 Å². The van der Waals surface area contributed by atoms with Crippen LogP contribution in [0.1, 0.15) is 15.8 Å². The Hall–Kier alpha value is -1.43. The van der Waals surface area contributed by atoms with Crippen molar-refractivity contribution < 1.29 is 0 Å². The molecule has 3 aromatic rings. The highest BCUT2D eigenvalue weighted by Gasteiger charge is 2.15. The van der Waals surface area contributed by atoms with Gasteiger partial charge in [-0.1, -0.05) is 12.1 Å². The molecule has 3 aromatic heterocycles. The number of thiophene rings is 2. The number of hydrogen-bond donors (Lipinski definition) is 1. The van der Waals surface area contributed by atoms with Gasteiger partial charge in [0, 0.05) is 35.2 Å². The van der Waals surface area contributed by atoms with Gasteiger partial charge in [0.05, 0.1) is 12.4 Å². The summed E-state index contributed by atoms with van der Waals surface area (Å²) in [6, 6.07) is 8.91. The fourth-order valence-electron chi connectivity index (χ4n) is 2.01. The number of hydrogen-bond acceptors (Lipinski definition) is 4. The molecule has 0 aromatic carbocycles. The van der Waals surface area contributed by atoms with Crippen molar-refractivity contribution in [2.45, 2.75) is 12.6 Å². The molecule has 0 bridgehead atoms. The van der Waals surface area contributed by atoms with Gasteiger partial charge in [0.15, 0.2) is 0 Å². The lowest BCUT2D eigenvalue weighted by Crippen LogP contribution is -2.24. The Bertz CT molecular complexity index is 536. The first kappa shape index (κ1) is 12.6. The van der Waals surface area contributed by atoms with E-state index >= 15 is 0 Å². The van der Waals surface area contributed by atoms with Crippen LogP contribution in [0.4, 0.5) is 0 Å². The molecule has 3 nitrogen and oxygen atoms in total. The second-order valence-electron chi connectivity index (χ2n) is 4.22. The summed E-state index contributed by atoms with van der Waals surface area (Å²) in [7, 11) is 0.